The monoisotopic (exact) mass is 401 g/mol. The van der Waals surface area contributed by atoms with Crippen LogP contribution in [-0.4, -0.2) is 19.1 Å². The van der Waals surface area contributed by atoms with E-state index in [9.17, 15) is 9.59 Å². The van der Waals surface area contributed by atoms with E-state index in [1.165, 1.54) is 6.07 Å². The molecule has 0 amide bonds. The number of esters is 1. The van der Waals surface area contributed by atoms with Gasteiger partial charge in [0.15, 0.2) is 0 Å². The van der Waals surface area contributed by atoms with Gasteiger partial charge < -0.3 is 14.1 Å². The number of anilines is 1. The minimum atomic E-state index is -0.465. The molecule has 0 saturated heterocycles. The number of benzene rings is 3. The van der Waals surface area contributed by atoms with Gasteiger partial charge in [-0.2, -0.15) is 0 Å². The van der Waals surface area contributed by atoms with E-state index in [4.69, 9.17) is 9.15 Å². The van der Waals surface area contributed by atoms with Crippen LogP contribution in [0.5, 0.6) is 0 Å². The molecule has 0 aliphatic rings. The molecule has 1 aromatic heterocycles. The standard InChI is InChI=1S/C25H23NO4/c1-3-26(4-2)20-12-9-18(10-13-20)25(28)29-16-19-15-23(27)30-22-14-11-17-7-5-6-8-21(17)24(19)22/h5-15H,3-4,16H2,1-2H3. The Balaban J connectivity index is 1.61. The highest BCUT2D eigenvalue weighted by atomic mass is 16.5. The third-order valence-electron chi connectivity index (χ3n) is 5.30. The van der Waals surface area contributed by atoms with Gasteiger partial charge in [-0.3, -0.25) is 0 Å². The van der Waals surface area contributed by atoms with E-state index < -0.39 is 11.6 Å². The van der Waals surface area contributed by atoms with Crippen molar-refractivity contribution in [1.82, 2.24) is 0 Å². The fraction of sp³-hybridized carbons (Fsp3) is 0.200. The molecule has 0 fully saturated rings. The van der Waals surface area contributed by atoms with Crippen LogP contribution in [0, 0.1) is 0 Å². The van der Waals surface area contributed by atoms with E-state index in [1.54, 1.807) is 18.2 Å². The van der Waals surface area contributed by atoms with Crippen molar-refractivity contribution in [3.8, 4) is 0 Å². The summed E-state index contributed by atoms with van der Waals surface area (Å²) in [7, 11) is 0. The molecule has 5 nitrogen and oxygen atoms in total. The average Bonchev–Trinajstić information content (AvgIpc) is 2.78. The van der Waals surface area contributed by atoms with Gasteiger partial charge in [-0.15, -0.1) is 0 Å². The number of ether oxygens (including phenoxy) is 1. The highest BCUT2D eigenvalue weighted by molar-refractivity contribution is 6.07. The smallest absolute Gasteiger partial charge is 0.338 e. The molecule has 1 heterocycles. The molecule has 4 aromatic rings. The van der Waals surface area contributed by atoms with E-state index in [-0.39, 0.29) is 6.61 Å². The molecule has 0 aliphatic heterocycles. The molecule has 0 unspecified atom stereocenters. The minimum Gasteiger partial charge on any atom is -0.457 e. The largest absolute Gasteiger partial charge is 0.457 e. The van der Waals surface area contributed by atoms with Crippen molar-refractivity contribution in [2.45, 2.75) is 20.5 Å². The normalized spacial score (nSPS) is 11.0. The fourth-order valence-electron chi connectivity index (χ4n) is 3.76. The third kappa shape index (κ3) is 3.79. The lowest BCUT2D eigenvalue weighted by molar-refractivity contribution is 0.0474. The molecule has 0 atom stereocenters. The zero-order chi connectivity index (χ0) is 21.1. The molecule has 30 heavy (non-hydrogen) atoms. The number of hydrogen-bond donors (Lipinski definition) is 0. The van der Waals surface area contributed by atoms with Gasteiger partial charge in [0, 0.05) is 35.8 Å². The average molecular weight is 401 g/mol. The SMILES string of the molecule is CCN(CC)c1ccc(C(=O)OCc2cc(=O)oc3ccc4ccccc4c23)cc1. The summed E-state index contributed by atoms with van der Waals surface area (Å²) < 4.78 is 10.9. The second kappa shape index (κ2) is 8.41. The van der Waals surface area contributed by atoms with Crippen LogP contribution in [0.1, 0.15) is 29.8 Å². The first-order valence-electron chi connectivity index (χ1n) is 10.1. The molecule has 5 heteroatoms. The Labute approximate surface area is 174 Å². The minimum absolute atomic E-state index is 0.00720. The molecular weight excluding hydrogens is 378 g/mol. The number of carbonyl (C=O) groups is 1. The Morgan fingerprint density at radius 2 is 1.70 bits per heavy atom. The van der Waals surface area contributed by atoms with Gasteiger partial charge in [0.05, 0.1) is 5.56 Å². The highest BCUT2D eigenvalue weighted by Crippen LogP contribution is 2.28. The molecule has 0 radical (unpaired) electrons. The van der Waals surface area contributed by atoms with Crippen molar-refractivity contribution < 1.29 is 13.9 Å². The second-order valence-corrected chi connectivity index (χ2v) is 7.05. The van der Waals surface area contributed by atoms with Crippen LogP contribution in [0.3, 0.4) is 0 Å². The number of carbonyl (C=O) groups excluding carboxylic acids is 1. The van der Waals surface area contributed by atoms with Crippen molar-refractivity contribution >= 4 is 33.4 Å². The van der Waals surface area contributed by atoms with Gasteiger partial charge in [0.2, 0.25) is 0 Å². The Bertz CT molecular complexity index is 1250. The van der Waals surface area contributed by atoms with E-state index in [0.29, 0.717) is 16.7 Å². The maximum Gasteiger partial charge on any atom is 0.338 e. The van der Waals surface area contributed by atoms with Gasteiger partial charge in [-0.25, -0.2) is 9.59 Å². The lowest BCUT2D eigenvalue weighted by atomic mass is 10.0. The number of fused-ring (bicyclic) bond motifs is 3. The number of rotatable bonds is 6. The van der Waals surface area contributed by atoms with Crippen molar-refractivity contribution in [3.05, 3.63) is 88.3 Å². The Morgan fingerprint density at radius 1 is 0.967 bits per heavy atom. The van der Waals surface area contributed by atoms with Crippen LogP contribution < -0.4 is 10.5 Å². The van der Waals surface area contributed by atoms with Crippen LogP contribution in [0.2, 0.25) is 0 Å². The predicted octanol–water partition coefficient (Wildman–Crippen LogP) is 5.15. The van der Waals surface area contributed by atoms with Crippen LogP contribution in [0.15, 0.2) is 75.9 Å². The second-order valence-electron chi connectivity index (χ2n) is 7.05. The van der Waals surface area contributed by atoms with Gasteiger partial charge in [0.25, 0.3) is 0 Å². The fourth-order valence-corrected chi connectivity index (χ4v) is 3.76. The van der Waals surface area contributed by atoms with E-state index in [2.05, 4.69) is 18.7 Å². The maximum atomic E-state index is 12.6. The Morgan fingerprint density at radius 3 is 2.43 bits per heavy atom. The third-order valence-corrected chi connectivity index (χ3v) is 5.30. The summed E-state index contributed by atoms with van der Waals surface area (Å²) in [5.74, 6) is -0.428. The zero-order valence-electron chi connectivity index (χ0n) is 17.1. The number of nitrogens with zero attached hydrogens (tertiary/aromatic N) is 1. The molecule has 0 N–H and O–H groups in total. The van der Waals surface area contributed by atoms with Crippen molar-refractivity contribution in [2.24, 2.45) is 0 Å². The summed E-state index contributed by atoms with van der Waals surface area (Å²) in [5, 5.41) is 2.77. The zero-order valence-corrected chi connectivity index (χ0v) is 17.1. The van der Waals surface area contributed by atoms with Crippen molar-refractivity contribution in [2.75, 3.05) is 18.0 Å². The van der Waals surface area contributed by atoms with Gasteiger partial charge in [-0.05, 0) is 55.0 Å². The van der Waals surface area contributed by atoms with E-state index in [1.807, 2.05) is 42.5 Å². The topological polar surface area (TPSA) is 59.8 Å². The molecule has 0 spiro atoms. The number of hydrogen-bond acceptors (Lipinski definition) is 5. The van der Waals surface area contributed by atoms with Gasteiger partial charge >= 0.3 is 11.6 Å². The summed E-state index contributed by atoms with van der Waals surface area (Å²) >= 11 is 0. The Hall–Kier alpha value is -3.60. The lowest BCUT2D eigenvalue weighted by Crippen LogP contribution is -2.21. The summed E-state index contributed by atoms with van der Waals surface area (Å²) in [6.07, 6.45) is 0. The summed E-state index contributed by atoms with van der Waals surface area (Å²) in [5.41, 5.74) is 2.19. The van der Waals surface area contributed by atoms with Crippen LogP contribution in [-0.2, 0) is 11.3 Å². The van der Waals surface area contributed by atoms with Gasteiger partial charge in [0.1, 0.15) is 12.2 Å². The Kier molecular flexibility index (Phi) is 5.53. The van der Waals surface area contributed by atoms with Crippen LogP contribution in [0.4, 0.5) is 5.69 Å². The van der Waals surface area contributed by atoms with Crippen molar-refractivity contribution in [3.63, 3.8) is 0 Å². The van der Waals surface area contributed by atoms with Crippen LogP contribution in [0.25, 0.3) is 21.7 Å². The first kappa shape index (κ1) is 19.7. The summed E-state index contributed by atoms with van der Waals surface area (Å²) in [6, 6.07) is 20.3. The van der Waals surface area contributed by atoms with Gasteiger partial charge in [-0.1, -0.05) is 30.3 Å². The molecule has 3 aromatic carbocycles. The molecule has 0 saturated carbocycles. The quantitative estimate of drug-likeness (QED) is 0.254. The lowest BCUT2D eigenvalue weighted by Gasteiger charge is -2.20. The first-order chi connectivity index (χ1) is 14.6. The molecule has 0 bridgehead atoms. The summed E-state index contributed by atoms with van der Waals surface area (Å²) in [6.45, 7) is 5.98. The highest BCUT2D eigenvalue weighted by Gasteiger charge is 2.13. The molecule has 4 rings (SSSR count). The van der Waals surface area contributed by atoms with Crippen LogP contribution >= 0.6 is 0 Å². The van der Waals surface area contributed by atoms with E-state index >= 15 is 0 Å². The summed E-state index contributed by atoms with van der Waals surface area (Å²) in [4.78, 5) is 26.8. The molecule has 0 aliphatic carbocycles. The maximum absolute atomic E-state index is 12.6. The van der Waals surface area contributed by atoms with Crippen molar-refractivity contribution in [1.29, 1.82) is 0 Å². The molecular formula is C25H23NO4. The van der Waals surface area contributed by atoms with E-state index in [0.717, 1.165) is 34.9 Å². The molecule has 152 valence electrons. The predicted molar refractivity (Wildman–Crippen MR) is 119 cm³/mol. The first-order valence-corrected chi connectivity index (χ1v) is 10.1.